The fraction of sp³-hybridized carbons (Fsp3) is 0.565. The summed E-state index contributed by atoms with van der Waals surface area (Å²) in [4.78, 5) is 41.5. The SMILES string of the molecule is CCOC(=O)c1ccc(NC(=O)C(CCCN=C(N)N)NC(=O)C2CCC(CN)CC2)cc1. The topological polar surface area (TPSA) is 175 Å². The summed E-state index contributed by atoms with van der Waals surface area (Å²) in [6.45, 7) is 3.02. The number of anilines is 1. The molecule has 2 rings (SSSR count). The molecular weight excluding hydrogens is 424 g/mol. The van der Waals surface area contributed by atoms with Crippen LogP contribution in [0.15, 0.2) is 29.3 Å². The highest BCUT2D eigenvalue weighted by atomic mass is 16.5. The fourth-order valence-electron chi connectivity index (χ4n) is 3.86. The van der Waals surface area contributed by atoms with Gasteiger partial charge in [0.1, 0.15) is 6.04 Å². The smallest absolute Gasteiger partial charge is 0.338 e. The summed E-state index contributed by atoms with van der Waals surface area (Å²) in [6.07, 6.45) is 4.29. The van der Waals surface area contributed by atoms with Crippen molar-refractivity contribution in [2.45, 2.75) is 51.5 Å². The number of rotatable bonds is 11. The number of guanidine groups is 1. The number of carbonyl (C=O) groups excluding carboxylic acids is 3. The van der Waals surface area contributed by atoms with E-state index >= 15 is 0 Å². The van der Waals surface area contributed by atoms with Crippen LogP contribution < -0.4 is 27.8 Å². The highest BCUT2D eigenvalue weighted by Crippen LogP contribution is 2.28. The van der Waals surface area contributed by atoms with Crippen molar-refractivity contribution < 1.29 is 19.1 Å². The van der Waals surface area contributed by atoms with Crippen LogP contribution in [0.25, 0.3) is 0 Å². The Hall–Kier alpha value is -3.14. The van der Waals surface area contributed by atoms with E-state index in [9.17, 15) is 14.4 Å². The first-order valence-corrected chi connectivity index (χ1v) is 11.5. The van der Waals surface area contributed by atoms with Crippen LogP contribution in [0.2, 0.25) is 0 Å². The predicted molar refractivity (Wildman–Crippen MR) is 127 cm³/mol. The molecule has 0 aromatic heterocycles. The zero-order valence-electron chi connectivity index (χ0n) is 19.2. The zero-order chi connectivity index (χ0) is 24.2. The minimum Gasteiger partial charge on any atom is -0.462 e. The Bertz CT molecular complexity index is 815. The maximum absolute atomic E-state index is 13.0. The Morgan fingerprint density at radius 1 is 1.12 bits per heavy atom. The second-order valence-electron chi connectivity index (χ2n) is 8.25. The molecule has 1 aromatic carbocycles. The van der Waals surface area contributed by atoms with Crippen molar-refractivity contribution in [3.8, 4) is 0 Å². The highest BCUT2D eigenvalue weighted by molar-refractivity contribution is 5.98. The normalized spacial score (nSPS) is 18.6. The van der Waals surface area contributed by atoms with Crippen molar-refractivity contribution in [3.63, 3.8) is 0 Å². The lowest BCUT2D eigenvalue weighted by molar-refractivity contribution is -0.130. The second kappa shape index (κ2) is 13.4. The van der Waals surface area contributed by atoms with E-state index in [-0.39, 0.29) is 30.3 Å². The number of amides is 2. The first-order valence-electron chi connectivity index (χ1n) is 11.5. The van der Waals surface area contributed by atoms with E-state index in [1.165, 1.54) is 0 Å². The molecule has 0 saturated heterocycles. The van der Waals surface area contributed by atoms with Crippen molar-refractivity contribution in [1.82, 2.24) is 5.32 Å². The number of nitrogens with zero attached hydrogens (tertiary/aromatic N) is 1. The van der Waals surface area contributed by atoms with E-state index in [0.29, 0.717) is 43.1 Å². The molecule has 0 heterocycles. The summed E-state index contributed by atoms with van der Waals surface area (Å²) in [6, 6.07) is 5.67. The molecule has 1 fully saturated rings. The average molecular weight is 461 g/mol. The van der Waals surface area contributed by atoms with E-state index in [2.05, 4.69) is 15.6 Å². The van der Waals surface area contributed by atoms with Gasteiger partial charge in [-0.1, -0.05) is 0 Å². The third-order valence-electron chi connectivity index (χ3n) is 5.79. The van der Waals surface area contributed by atoms with Gasteiger partial charge in [-0.3, -0.25) is 14.6 Å². The van der Waals surface area contributed by atoms with Crippen LogP contribution in [0.1, 0.15) is 55.8 Å². The van der Waals surface area contributed by atoms with Gasteiger partial charge in [-0.05, 0) is 82.2 Å². The third kappa shape index (κ3) is 8.72. The molecule has 182 valence electrons. The largest absolute Gasteiger partial charge is 0.462 e. The number of hydrogen-bond acceptors (Lipinski definition) is 6. The Morgan fingerprint density at radius 3 is 2.36 bits per heavy atom. The van der Waals surface area contributed by atoms with Crippen LogP contribution in [0, 0.1) is 11.8 Å². The average Bonchev–Trinajstić information content (AvgIpc) is 2.81. The minimum absolute atomic E-state index is 0.0154. The molecular formula is C23H36N6O4. The minimum atomic E-state index is -0.733. The quantitative estimate of drug-likeness (QED) is 0.142. The Kier molecular flexibility index (Phi) is 10.6. The van der Waals surface area contributed by atoms with Crippen molar-refractivity contribution >= 4 is 29.4 Å². The van der Waals surface area contributed by atoms with Crippen LogP contribution in [0.4, 0.5) is 5.69 Å². The van der Waals surface area contributed by atoms with Crippen LogP contribution >= 0.6 is 0 Å². The molecule has 10 heteroatoms. The van der Waals surface area contributed by atoms with Gasteiger partial charge in [0, 0.05) is 18.2 Å². The summed E-state index contributed by atoms with van der Waals surface area (Å²) in [5, 5.41) is 5.71. The molecule has 1 aliphatic rings. The van der Waals surface area contributed by atoms with Crippen LogP contribution in [0.3, 0.4) is 0 Å². The Labute approximate surface area is 194 Å². The molecule has 8 N–H and O–H groups in total. The molecule has 1 aromatic rings. The lowest BCUT2D eigenvalue weighted by atomic mass is 9.81. The summed E-state index contributed by atoms with van der Waals surface area (Å²) in [5.41, 5.74) is 17.4. The van der Waals surface area contributed by atoms with Crippen LogP contribution in [-0.4, -0.2) is 49.5 Å². The Morgan fingerprint density at radius 2 is 1.79 bits per heavy atom. The molecule has 0 radical (unpaired) electrons. The Balaban J connectivity index is 2.00. The number of hydrogen-bond donors (Lipinski definition) is 5. The molecule has 0 bridgehead atoms. The van der Waals surface area contributed by atoms with Crippen molar-refractivity contribution in [1.29, 1.82) is 0 Å². The van der Waals surface area contributed by atoms with Gasteiger partial charge in [-0.25, -0.2) is 4.79 Å². The lowest BCUT2D eigenvalue weighted by Crippen LogP contribution is -2.46. The van der Waals surface area contributed by atoms with Gasteiger partial charge in [0.2, 0.25) is 11.8 Å². The zero-order valence-corrected chi connectivity index (χ0v) is 19.2. The molecule has 1 unspecified atom stereocenters. The molecule has 0 aliphatic heterocycles. The fourth-order valence-corrected chi connectivity index (χ4v) is 3.86. The standard InChI is InChI=1S/C23H36N6O4/c1-2-33-22(32)17-9-11-18(12-10-17)28-21(31)19(4-3-13-27-23(25)26)29-20(30)16-7-5-15(14-24)6-8-16/h9-12,15-16,19H,2-8,13-14,24H2,1H3,(H,28,31)(H,29,30)(H4,25,26,27). The van der Waals surface area contributed by atoms with Gasteiger partial charge < -0.3 is 32.6 Å². The third-order valence-corrected chi connectivity index (χ3v) is 5.79. The number of aliphatic imine (C=N–C) groups is 1. The lowest BCUT2D eigenvalue weighted by Gasteiger charge is -2.28. The number of nitrogens with two attached hydrogens (primary N) is 3. The number of benzene rings is 1. The van der Waals surface area contributed by atoms with E-state index in [4.69, 9.17) is 21.9 Å². The van der Waals surface area contributed by atoms with Crippen molar-refractivity contribution in [2.75, 3.05) is 25.0 Å². The van der Waals surface area contributed by atoms with Gasteiger partial charge in [0.25, 0.3) is 0 Å². The number of ether oxygens (including phenoxy) is 1. The van der Waals surface area contributed by atoms with Gasteiger partial charge >= 0.3 is 5.97 Å². The molecule has 1 saturated carbocycles. The molecule has 0 spiro atoms. The monoisotopic (exact) mass is 460 g/mol. The van der Waals surface area contributed by atoms with Crippen LogP contribution in [0.5, 0.6) is 0 Å². The van der Waals surface area contributed by atoms with Gasteiger partial charge in [0.15, 0.2) is 5.96 Å². The molecule has 2 amide bonds. The molecule has 10 nitrogen and oxygen atoms in total. The first-order chi connectivity index (χ1) is 15.8. The van der Waals surface area contributed by atoms with Gasteiger partial charge in [-0.15, -0.1) is 0 Å². The maximum atomic E-state index is 13.0. The summed E-state index contributed by atoms with van der Waals surface area (Å²) >= 11 is 0. The second-order valence-corrected chi connectivity index (χ2v) is 8.25. The van der Waals surface area contributed by atoms with E-state index in [1.807, 2.05) is 0 Å². The number of carbonyl (C=O) groups is 3. The first kappa shape index (κ1) is 26.1. The van der Waals surface area contributed by atoms with E-state index < -0.39 is 12.0 Å². The summed E-state index contributed by atoms with van der Waals surface area (Å²) in [7, 11) is 0. The highest BCUT2D eigenvalue weighted by Gasteiger charge is 2.29. The maximum Gasteiger partial charge on any atom is 0.338 e. The predicted octanol–water partition coefficient (Wildman–Crippen LogP) is 1.11. The van der Waals surface area contributed by atoms with Crippen molar-refractivity contribution in [3.05, 3.63) is 29.8 Å². The van der Waals surface area contributed by atoms with Crippen molar-refractivity contribution in [2.24, 2.45) is 34.0 Å². The van der Waals surface area contributed by atoms with Gasteiger partial charge in [-0.2, -0.15) is 0 Å². The van der Waals surface area contributed by atoms with E-state index in [1.54, 1.807) is 31.2 Å². The number of nitrogens with one attached hydrogen (secondary N) is 2. The van der Waals surface area contributed by atoms with Crippen LogP contribution in [-0.2, 0) is 14.3 Å². The van der Waals surface area contributed by atoms with Gasteiger partial charge in [0.05, 0.1) is 12.2 Å². The number of esters is 1. The molecule has 33 heavy (non-hydrogen) atoms. The molecule has 1 aliphatic carbocycles. The molecule has 1 atom stereocenters. The summed E-state index contributed by atoms with van der Waals surface area (Å²) in [5.74, 6) is -0.560. The van der Waals surface area contributed by atoms with E-state index in [0.717, 1.165) is 25.7 Å². The summed E-state index contributed by atoms with van der Waals surface area (Å²) < 4.78 is 4.96.